The van der Waals surface area contributed by atoms with Gasteiger partial charge in [-0.15, -0.1) is 0 Å². The number of hydrogen-bond donors (Lipinski definition) is 2. The van der Waals surface area contributed by atoms with E-state index in [1.165, 1.54) is 6.07 Å². The highest BCUT2D eigenvalue weighted by molar-refractivity contribution is 6.31. The van der Waals surface area contributed by atoms with E-state index in [0.29, 0.717) is 5.56 Å². The molecule has 0 radical (unpaired) electrons. The third kappa shape index (κ3) is 1.18. The Hall–Kier alpha value is -1.13. The molecule has 0 saturated heterocycles. The van der Waals surface area contributed by atoms with Gasteiger partial charge in [-0.1, -0.05) is 11.6 Å². The average Bonchev–Trinajstić information content (AvgIpc) is 2.32. The molecule has 0 spiro atoms. The normalized spacial score (nSPS) is 19.9. The number of benzene rings is 1. The number of amides is 1. The molecule has 0 fully saturated rings. The third-order valence-corrected chi connectivity index (χ3v) is 2.17. The van der Waals surface area contributed by atoms with Crippen LogP contribution in [0.4, 0.5) is 10.1 Å². The predicted molar refractivity (Wildman–Crippen MR) is 47.0 cm³/mol. The summed E-state index contributed by atoms with van der Waals surface area (Å²) in [5.74, 6) is -0.958. The molecule has 0 saturated carbocycles. The highest BCUT2D eigenvalue weighted by atomic mass is 35.5. The molecule has 1 aromatic rings. The van der Waals surface area contributed by atoms with Crippen molar-refractivity contribution in [3.8, 4) is 0 Å². The van der Waals surface area contributed by atoms with Crippen molar-refractivity contribution in [2.75, 3.05) is 5.32 Å². The molecule has 1 atom stereocenters. The van der Waals surface area contributed by atoms with Crippen LogP contribution < -0.4 is 11.1 Å². The van der Waals surface area contributed by atoms with Crippen molar-refractivity contribution < 1.29 is 9.18 Å². The molecule has 1 amide bonds. The summed E-state index contributed by atoms with van der Waals surface area (Å²) in [7, 11) is 0. The molecule has 1 heterocycles. The molecule has 68 valence electrons. The highest BCUT2D eigenvalue weighted by Gasteiger charge is 2.29. The maximum atomic E-state index is 13.1. The summed E-state index contributed by atoms with van der Waals surface area (Å²) in [6.45, 7) is 0. The first-order chi connectivity index (χ1) is 6.09. The van der Waals surface area contributed by atoms with Crippen LogP contribution >= 0.6 is 11.6 Å². The Kier molecular flexibility index (Phi) is 1.75. The topological polar surface area (TPSA) is 55.1 Å². The third-order valence-electron chi connectivity index (χ3n) is 1.95. The molecule has 3 N–H and O–H groups in total. The molecule has 1 aliphatic rings. The minimum atomic E-state index is -0.816. The number of rotatable bonds is 0. The van der Waals surface area contributed by atoms with Crippen LogP contribution in [0.2, 0.25) is 5.02 Å². The van der Waals surface area contributed by atoms with Gasteiger partial charge in [-0.05, 0) is 12.1 Å². The van der Waals surface area contributed by atoms with Gasteiger partial charge in [-0.2, -0.15) is 0 Å². The van der Waals surface area contributed by atoms with Gasteiger partial charge in [0.2, 0.25) is 5.91 Å². The van der Waals surface area contributed by atoms with Gasteiger partial charge in [0, 0.05) is 10.6 Å². The fourth-order valence-electron chi connectivity index (χ4n) is 1.31. The quantitative estimate of drug-likeness (QED) is 0.666. The van der Waals surface area contributed by atoms with Gasteiger partial charge in [0.1, 0.15) is 11.9 Å². The second kappa shape index (κ2) is 2.68. The molecular weight excluding hydrogens is 195 g/mol. The van der Waals surface area contributed by atoms with Crippen LogP contribution in [-0.4, -0.2) is 5.91 Å². The summed E-state index contributed by atoms with van der Waals surface area (Å²) in [6, 6.07) is 1.81. The van der Waals surface area contributed by atoms with Crippen LogP contribution in [0.15, 0.2) is 12.1 Å². The Morgan fingerprint density at radius 1 is 1.54 bits per heavy atom. The number of carbonyl (C=O) groups is 1. The Bertz CT molecular complexity index is 394. The number of halogens is 2. The maximum Gasteiger partial charge on any atom is 0.246 e. The second-order valence-corrected chi connectivity index (χ2v) is 3.26. The SMILES string of the molecule is NC1C(=O)Nc2c(F)cc(Cl)cc21. The van der Waals surface area contributed by atoms with E-state index in [9.17, 15) is 9.18 Å². The Morgan fingerprint density at radius 2 is 2.23 bits per heavy atom. The van der Waals surface area contributed by atoms with Crippen molar-refractivity contribution in [3.63, 3.8) is 0 Å². The van der Waals surface area contributed by atoms with E-state index in [-0.39, 0.29) is 10.7 Å². The zero-order valence-corrected chi connectivity index (χ0v) is 7.23. The van der Waals surface area contributed by atoms with Crippen molar-refractivity contribution in [2.45, 2.75) is 6.04 Å². The van der Waals surface area contributed by atoms with E-state index in [2.05, 4.69) is 5.32 Å². The second-order valence-electron chi connectivity index (χ2n) is 2.82. The molecule has 13 heavy (non-hydrogen) atoms. The van der Waals surface area contributed by atoms with E-state index in [1.54, 1.807) is 0 Å². The maximum absolute atomic E-state index is 13.1. The predicted octanol–water partition coefficient (Wildman–Crippen LogP) is 1.43. The molecule has 0 aliphatic carbocycles. The summed E-state index contributed by atoms with van der Waals surface area (Å²) in [6.07, 6.45) is 0. The van der Waals surface area contributed by atoms with Crippen LogP contribution in [0.25, 0.3) is 0 Å². The van der Waals surface area contributed by atoms with Crippen molar-refractivity contribution in [1.29, 1.82) is 0 Å². The minimum Gasteiger partial charge on any atom is -0.322 e. The van der Waals surface area contributed by atoms with E-state index in [1.807, 2.05) is 0 Å². The standard InChI is InChI=1S/C8H6ClFN2O/c9-3-1-4-6(11)8(13)12-7(4)5(10)2-3/h1-2,6H,11H2,(H,12,13). The van der Waals surface area contributed by atoms with Crippen LogP contribution in [0, 0.1) is 5.82 Å². The Balaban J connectivity index is 2.63. The van der Waals surface area contributed by atoms with E-state index >= 15 is 0 Å². The minimum absolute atomic E-state index is 0.141. The summed E-state index contributed by atoms with van der Waals surface area (Å²) in [4.78, 5) is 11.0. The van der Waals surface area contributed by atoms with Gasteiger partial charge in [0.05, 0.1) is 5.69 Å². The van der Waals surface area contributed by atoms with Crippen molar-refractivity contribution in [1.82, 2.24) is 0 Å². The molecule has 1 aromatic carbocycles. The molecular formula is C8H6ClFN2O. The first-order valence-corrected chi connectivity index (χ1v) is 4.03. The van der Waals surface area contributed by atoms with Crippen molar-refractivity contribution >= 4 is 23.2 Å². The van der Waals surface area contributed by atoms with Crippen LogP contribution in [0.5, 0.6) is 0 Å². The summed E-state index contributed by atoms with van der Waals surface area (Å²) >= 11 is 5.61. The van der Waals surface area contributed by atoms with E-state index in [0.717, 1.165) is 6.07 Å². The Morgan fingerprint density at radius 3 is 2.92 bits per heavy atom. The van der Waals surface area contributed by atoms with Crippen molar-refractivity contribution in [3.05, 3.63) is 28.5 Å². The van der Waals surface area contributed by atoms with Gasteiger partial charge < -0.3 is 11.1 Å². The fourth-order valence-corrected chi connectivity index (χ4v) is 1.53. The zero-order chi connectivity index (χ0) is 9.59. The first-order valence-electron chi connectivity index (χ1n) is 3.65. The first kappa shape index (κ1) is 8.47. The largest absolute Gasteiger partial charge is 0.322 e. The van der Waals surface area contributed by atoms with Gasteiger partial charge >= 0.3 is 0 Å². The monoisotopic (exact) mass is 200 g/mol. The van der Waals surface area contributed by atoms with Gasteiger partial charge in [0.15, 0.2) is 0 Å². The smallest absolute Gasteiger partial charge is 0.246 e. The lowest BCUT2D eigenvalue weighted by Crippen LogP contribution is -2.19. The van der Waals surface area contributed by atoms with Gasteiger partial charge in [-0.3, -0.25) is 4.79 Å². The van der Waals surface area contributed by atoms with Gasteiger partial charge in [-0.25, -0.2) is 4.39 Å². The lowest BCUT2D eigenvalue weighted by atomic mass is 10.1. The molecule has 0 bridgehead atoms. The molecule has 5 heteroatoms. The number of carbonyl (C=O) groups excluding carboxylic acids is 1. The summed E-state index contributed by atoms with van der Waals surface area (Å²) in [5.41, 5.74) is 6.04. The Labute approximate surface area is 78.7 Å². The van der Waals surface area contributed by atoms with E-state index in [4.69, 9.17) is 17.3 Å². The van der Waals surface area contributed by atoms with Crippen molar-refractivity contribution in [2.24, 2.45) is 5.73 Å². The molecule has 1 aliphatic heterocycles. The van der Waals surface area contributed by atoms with E-state index < -0.39 is 17.8 Å². The number of nitrogens with one attached hydrogen (secondary N) is 1. The fraction of sp³-hybridized carbons (Fsp3) is 0.125. The summed E-state index contributed by atoms with van der Waals surface area (Å²) < 4.78 is 13.1. The number of fused-ring (bicyclic) bond motifs is 1. The zero-order valence-electron chi connectivity index (χ0n) is 6.47. The molecule has 1 unspecified atom stereocenters. The van der Waals surface area contributed by atoms with Gasteiger partial charge in [0.25, 0.3) is 0 Å². The summed E-state index contributed by atoms with van der Waals surface area (Å²) in [5, 5.41) is 2.58. The molecule has 0 aromatic heterocycles. The lowest BCUT2D eigenvalue weighted by molar-refractivity contribution is -0.116. The lowest BCUT2D eigenvalue weighted by Gasteiger charge is -2.02. The number of hydrogen-bond acceptors (Lipinski definition) is 2. The van der Waals surface area contributed by atoms with Crippen LogP contribution in [-0.2, 0) is 4.79 Å². The molecule has 3 nitrogen and oxygen atoms in total. The number of anilines is 1. The highest BCUT2D eigenvalue weighted by Crippen LogP contribution is 2.33. The van der Waals surface area contributed by atoms with Crippen LogP contribution in [0.3, 0.4) is 0 Å². The average molecular weight is 201 g/mol. The number of nitrogens with two attached hydrogens (primary N) is 1. The van der Waals surface area contributed by atoms with Crippen LogP contribution in [0.1, 0.15) is 11.6 Å². The molecule has 2 rings (SSSR count).